The van der Waals surface area contributed by atoms with Gasteiger partial charge >= 0.3 is 25.2 Å². The summed E-state index contributed by atoms with van der Waals surface area (Å²) in [5.41, 5.74) is 0. The molecular formula is C13H23BF4N4O2. The number of quaternary nitrogens is 1. The fraction of sp³-hybridized carbons (Fsp3) is 0.769. The van der Waals surface area contributed by atoms with E-state index in [1.165, 1.54) is 32.1 Å². The van der Waals surface area contributed by atoms with Gasteiger partial charge in [0, 0.05) is 0 Å². The highest BCUT2D eigenvalue weighted by Gasteiger charge is 2.35. The van der Waals surface area contributed by atoms with Gasteiger partial charge in [-0.1, -0.05) is 6.42 Å². The van der Waals surface area contributed by atoms with Crippen LogP contribution < -0.4 is 14.0 Å². The third kappa shape index (κ3) is 6.46. The lowest BCUT2D eigenvalue weighted by molar-refractivity contribution is 0.213. The molecule has 11 heteroatoms. The van der Waals surface area contributed by atoms with Gasteiger partial charge in [-0.3, -0.25) is 4.48 Å². The van der Waals surface area contributed by atoms with Crippen molar-refractivity contribution in [2.24, 2.45) is 0 Å². The first-order valence-electron chi connectivity index (χ1n) is 7.63. The molecule has 1 aliphatic rings. The maximum Gasteiger partial charge on any atom is 0.673 e. The van der Waals surface area contributed by atoms with Crippen LogP contribution in [0.1, 0.15) is 32.1 Å². The van der Waals surface area contributed by atoms with Crippen LogP contribution in [-0.2, 0) is 0 Å². The first-order valence-corrected chi connectivity index (χ1v) is 7.63. The molecule has 1 aliphatic carbocycles. The maximum absolute atomic E-state index is 9.75. The summed E-state index contributed by atoms with van der Waals surface area (Å²) in [6.45, 7) is 0. The molecule has 0 amide bonds. The van der Waals surface area contributed by atoms with Gasteiger partial charge in [-0.25, -0.2) is 0 Å². The molecule has 0 saturated heterocycles. The Kier molecular flexibility index (Phi) is 7.18. The smallest absolute Gasteiger partial charge is 0.466 e. The zero-order chi connectivity index (χ0) is 18.4. The van der Waals surface area contributed by atoms with Crippen molar-refractivity contribution >= 4 is 13.2 Å². The molecule has 0 spiro atoms. The van der Waals surface area contributed by atoms with Crippen molar-refractivity contribution in [1.29, 1.82) is 0 Å². The number of aromatic nitrogens is 3. The summed E-state index contributed by atoms with van der Waals surface area (Å²) in [4.78, 5) is 12.8. The van der Waals surface area contributed by atoms with Crippen molar-refractivity contribution in [3.05, 3.63) is 0 Å². The van der Waals surface area contributed by atoms with E-state index in [0.29, 0.717) is 28.5 Å². The van der Waals surface area contributed by atoms with E-state index in [9.17, 15) is 17.3 Å². The standard InChI is InChI=1S/C13H23N4O2.BF4/c1-17(2,10-8-6-5-7-9-10)11-14-12(18-3)16-13(15-11)19-4;2-1(3,4)5/h10H,5-9H2,1-4H3;/q+1;-1. The number of hydrogen-bond acceptors (Lipinski definition) is 5. The predicted octanol–water partition coefficient (Wildman–Crippen LogP) is 3.09. The second-order valence-corrected chi connectivity index (χ2v) is 5.94. The Labute approximate surface area is 138 Å². The highest BCUT2D eigenvalue weighted by Crippen LogP contribution is 2.30. The number of rotatable bonds is 4. The predicted molar refractivity (Wildman–Crippen MR) is 83.6 cm³/mol. The van der Waals surface area contributed by atoms with Crippen LogP contribution in [-0.4, -0.2) is 56.6 Å². The minimum atomic E-state index is -6.00. The lowest BCUT2D eigenvalue weighted by Gasteiger charge is -2.37. The molecule has 1 fully saturated rings. The Hall–Kier alpha value is -1.65. The van der Waals surface area contributed by atoms with Crippen LogP contribution in [0, 0.1) is 0 Å². The van der Waals surface area contributed by atoms with E-state index in [2.05, 4.69) is 29.0 Å². The quantitative estimate of drug-likeness (QED) is 0.473. The van der Waals surface area contributed by atoms with Gasteiger partial charge in [0.1, 0.15) is 0 Å². The van der Waals surface area contributed by atoms with Crippen molar-refractivity contribution in [2.75, 3.05) is 28.3 Å². The molecule has 0 aromatic carbocycles. The largest absolute Gasteiger partial charge is 0.673 e. The van der Waals surface area contributed by atoms with Crippen LogP contribution in [0.2, 0.25) is 0 Å². The van der Waals surface area contributed by atoms with E-state index in [-0.39, 0.29) is 0 Å². The van der Waals surface area contributed by atoms with Crippen molar-refractivity contribution in [3.8, 4) is 12.0 Å². The highest BCUT2D eigenvalue weighted by molar-refractivity contribution is 6.50. The number of hydrogen-bond donors (Lipinski definition) is 0. The molecule has 1 aromatic rings. The first kappa shape index (κ1) is 20.4. The number of methoxy groups -OCH3 is 2. The Morgan fingerprint density at radius 3 is 1.67 bits per heavy atom. The highest BCUT2D eigenvalue weighted by atomic mass is 19.5. The van der Waals surface area contributed by atoms with E-state index < -0.39 is 7.25 Å². The molecule has 0 aliphatic heterocycles. The summed E-state index contributed by atoms with van der Waals surface area (Å²) >= 11 is 0. The first-order chi connectivity index (χ1) is 11.1. The maximum atomic E-state index is 9.75. The zero-order valence-corrected chi connectivity index (χ0v) is 14.3. The number of ether oxygens (including phenoxy) is 2. The second-order valence-electron chi connectivity index (χ2n) is 5.94. The lowest BCUT2D eigenvalue weighted by atomic mass is 9.93. The molecule has 0 N–H and O–H groups in total. The zero-order valence-electron chi connectivity index (χ0n) is 14.3. The third-order valence-corrected chi connectivity index (χ3v) is 3.95. The van der Waals surface area contributed by atoms with Crippen molar-refractivity contribution in [3.63, 3.8) is 0 Å². The fourth-order valence-corrected chi connectivity index (χ4v) is 2.66. The average molecular weight is 354 g/mol. The van der Waals surface area contributed by atoms with Crippen LogP contribution in [0.25, 0.3) is 0 Å². The van der Waals surface area contributed by atoms with Crippen molar-refractivity contribution in [1.82, 2.24) is 19.4 Å². The van der Waals surface area contributed by atoms with E-state index in [1.54, 1.807) is 14.2 Å². The van der Waals surface area contributed by atoms with E-state index in [1.807, 2.05) is 0 Å². The summed E-state index contributed by atoms with van der Waals surface area (Å²) in [6, 6.07) is 1.17. The molecular weight excluding hydrogens is 331 g/mol. The molecule has 2 rings (SSSR count). The minimum Gasteiger partial charge on any atom is -0.466 e. The van der Waals surface area contributed by atoms with E-state index >= 15 is 0 Å². The third-order valence-electron chi connectivity index (χ3n) is 3.95. The van der Waals surface area contributed by atoms with Crippen molar-refractivity contribution < 1.29 is 26.7 Å². The normalized spacial score (nSPS) is 16.2. The van der Waals surface area contributed by atoms with Crippen LogP contribution in [0.5, 0.6) is 12.0 Å². The van der Waals surface area contributed by atoms with E-state index in [0.717, 1.165) is 0 Å². The number of nitrogens with zero attached hydrogens (tertiary/aromatic N) is 4. The molecule has 1 heterocycles. The van der Waals surface area contributed by atoms with Gasteiger partial charge in [0.2, 0.25) is 0 Å². The summed E-state index contributed by atoms with van der Waals surface area (Å²) < 4.78 is 49.9. The molecule has 0 radical (unpaired) electrons. The Morgan fingerprint density at radius 1 is 0.875 bits per heavy atom. The van der Waals surface area contributed by atoms with Gasteiger partial charge in [-0.2, -0.15) is 0 Å². The molecule has 6 nitrogen and oxygen atoms in total. The summed E-state index contributed by atoms with van der Waals surface area (Å²) in [6.07, 6.45) is 6.32. The van der Waals surface area contributed by atoms with Gasteiger partial charge in [0.05, 0.1) is 34.4 Å². The summed E-state index contributed by atoms with van der Waals surface area (Å²) in [5.74, 6) is 0.704. The molecule has 0 atom stereocenters. The molecule has 24 heavy (non-hydrogen) atoms. The average Bonchev–Trinajstić information content (AvgIpc) is 2.53. The van der Waals surface area contributed by atoms with E-state index in [4.69, 9.17) is 9.47 Å². The molecule has 0 unspecified atom stereocenters. The van der Waals surface area contributed by atoms with Gasteiger partial charge in [-0.15, -0.1) is 15.0 Å². The fourth-order valence-electron chi connectivity index (χ4n) is 2.66. The van der Waals surface area contributed by atoms with Gasteiger partial charge < -0.3 is 26.7 Å². The summed E-state index contributed by atoms with van der Waals surface area (Å²) in [7, 11) is 1.40. The number of halogens is 4. The Bertz CT molecular complexity index is 497. The SMILES string of the molecule is COc1nc(OC)nc([N+](C)(C)C2CCCCC2)n1.F[B-](F)(F)F. The van der Waals surface area contributed by atoms with Crippen LogP contribution in [0.3, 0.4) is 0 Å². The van der Waals surface area contributed by atoms with Gasteiger partial charge in [0.25, 0.3) is 0 Å². The molecule has 0 bridgehead atoms. The lowest BCUT2D eigenvalue weighted by Crippen LogP contribution is -2.52. The van der Waals surface area contributed by atoms with Crippen LogP contribution in [0.4, 0.5) is 23.2 Å². The van der Waals surface area contributed by atoms with Crippen molar-refractivity contribution in [2.45, 2.75) is 38.1 Å². The van der Waals surface area contributed by atoms with Crippen LogP contribution in [0.15, 0.2) is 0 Å². The Balaban J connectivity index is 0.000000505. The minimum absolute atomic E-state index is 0.309. The van der Waals surface area contributed by atoms with Crippen LogP contribution >= 0.6 is 0 Å². The molecule has 138 valence electrons. The Morgan fingerprint density at radius 2 is 1.29 bits per heavy atom. The molecule has 1 saturated carbocycles. The topological polar surface area (TPSA) is 57.1 Å². The second kappa shape index (κ2) is 8.45. The van der Waals surface area contributed by atoms with Gasteiger partial charge in [-0.05, 0) is 25.7 Å². The monoisotopic (exact) mass is 354 g/mol. The molecule has 1 aromatic heterocycles. The summed E-state index contributed by atoms with van der Waals surface area (Å²) in [5, 5.41) is 0. The van der Waals surface area contributed by atoms with Gasteiger partial charge in [0.15, 0.2) is 0 Å².